The van der Waals surface area contributed by atoms with Crippen LogP contribution in [0.3, 0.4) is 0 Å². The third-order valence-corrected chi connectivity index (χ3v) is 5.38. The molecule has 0 aliphatic carbocycles. The molecule has 0 amide bonds. The van der Waals surface area contributed by atoms with E-state index in [1.807, 2.05) is 0 Å². The van der Waals surface area contributed by atoms with Gasteiger partial charge in [0, 0.05) is 64.0 Å². The Morgan fingerprint density at radius 2 is 1.96 bits per heavy atom. The highest BCUT2D eigenvalue weighted by molar-refractivity contribution is 14.0. The summed E-state index contributed by atoms with van der Waals surface area (Å²) < 4.78 is 31.9. The van der Waals surface area contributed by atoms with Gasteiger partial charge in [0.05, 0.1) is 6.61 Å². The molecule has 0 spiro atoms. The number of halogens is 3. The molecule has 1 N–H and O–H groups in total. The molecule has 2 unspecified atom stereocenters. The highest BCUT2D eigenvalue weighted by atomic mass is 127. The molecule has 2 fully saturated rings. The molecule has 1 aromatic carbocycles. The normalized spacial score (nSPS) is 22.5. The third kappa shape index (κ3) is 5.92. The highest BCUT2D eigenvalue weighted by Crippen LogP contribution is 2.25. The van der Waals surface area contributed by atoms with E-state index in [4.69, 9.17) is 9.73 Å². The zero-order valence-electron chi connectivity index (χ0n) is 16.7. The van der Waals surface area contributed by atoms with E-state index in [0.717, 1.165) is 70.4 Å². The van der Waals surface area contributed by atoms with E-state index >= 15 is 0 Å². The van der Waals surface area contributed by atoms with Crippen molar-refractivity contribution in [1.29, 1.82) is 0 Å². The maximum atomic E-state index is 13.5. The fraction of sp³-hybridized carbons (Fsp3) is 0.650. The van der Waals surface area contributed by atoms with Crippen molar-refractivity contribution in [3.8, 4) is 0 Å². The van der Waals surface area contributed by atoms with E-state index < -0.39 is 11.6 Å². The van der Waals surface area contributed by atoms with E-state index in [-0.39, 0.29) is 24.0 Å². The summed E-state index contributed by atoms with van der Waals surface area (Å²) in [5.74, 6) is 0.371. The number of nitrogens with one attached hydrogen (secondary N) is 1. The van der Waals surface area contributed by atoms with Crippen molar-refractivity contribution in [1.82, 2.24) is 10.2 Å². The molecule has 158 valence electrons. The van der Waals surface area contributed by atoms with E-state index in [0.29, 0.717) is 11.8 Å². The van der Waals surface area contributed by atoms with Gasteiger partial charge < -0.3 is 19.9 Å². The van der Waals surface area contributed by atoms with Crippen LogP contribution in [-0.4, -0.2) is 63.8 Å². The zero-order valence-corrected chi connectivity index (χ0v) is 19.0. The number of methoxy groups -OCH3 is 1. The van der Waals surface area contributed by atoms with Gasteiger partial charge in [-0.15, -0.1) is 24.0 Å². The van der Waals surface area contributed by atoms with Gasteiger partial charge in [-0.2, -0.15) is 0 Å². The average Bonchev–Trinajstić information content (AvgIpc) is 3.31. The van der Waals surface area contributed by atoms with Crippen molar-refractivity contribution in [2.75, 3.05) is 57.9 Å². The van der Waals surface area contributed by atoms with Crippen LogP contribution in [0.2, 0.25) is 0 Å². The first-order valence-electron chi connectivity index (χ1n) is 9.83. The van der Waals surface area contributed by atoms with Crippen LogP contribution in [0, 0.1) is 23.5 Å². The van der Waals surface area contributed by atoms with E-state index in [1.165, 1.54) is 12.1 Å². The van der Waals surface area contributed by atoms with Crippen molar-refractivity contribution >= 4 is 35.6 Å². The van der Waals surface area contributed by atoms with E-state index in [2.05, 4.69) is 22.0 Å². The van der Waals surface area contributed by atoms with Crippen LogP contribution in [-0.2, 0) is 4.74 Å². The van der Waals surface area contributed by atoms with Gasteiger partial charge in [0.15, 0.2) is 17.6 Å². The number of hydrogen-bond donors (Lipinski definition) is 1. The summed E-state index contributed by atoms with van der Waals surface area (Å²) in [6, 6.07) is 4.13. The van der Waals surface area contributed by atoms with Crippen LogP contribution in [0.15, 0.2) is 23.2 Å². The van der Waals surface area contributed by atoms with Crippen molar-refractivity contribution in [3.63, 3.8) is 0 Å². The number of ether oxygens (including phenoxy) is 1. The Morgan fingerprint density at radius 1 is 1.18 bits per heavy atom. The van der Waals surface area contributed by atoms with Gasteiger partial charge in [0.25, 0.3) is 0 Å². The number of benzene rings is 1. The lowest BCUT2D eigenvalue weighted by Crippen LogP contribution is -2.40. The molecule has 2 aliphatic heterocycles. The molecule has 28 heavy (non-hydrogen) atoms. The fourth-order valence-corrected chi connectivity index (χ4v) is 3.94. The molecule has 0 radical (unpaired) electrons. The van der Waals surface area contributed by atoms with E-state index in [9.17, 15) is 8.78 Å². The molecule has 2 heterocycles. The molecule has 2 saturated heterocycles. The number of rotatable bonds is 6. The topological polar surface area (TPSA) is 40.1 Å². The van der Waals surface area contributed by atoms with Gasteiger partial charge >= 0.3 is 0 Å². The SMILES string of the molecule is CCNC(=NCC1CCN(c2ccc(F)c(F)c2)C1)N1CCC(COC)C1.I. The second kappa shape index (κ2) is 11.1. The number of guanidine groups is 1. The lowest BCUT2D eigenvalue weighted by atomic mass is 10.1. The zero-order chi connectivity index (χ0) is 19.2. The minimum Gasteiger partial charge on any atom is -0.384 e. The fourth-order valence-electron chi connectivity index (χ4n) is 3.94. The Balaban J connectivity index is 0.00000280. The monoisotopic (exact) mass is 508 g/mol. The number of anilines is 1. The second-order valence-electron chi connectivity index (χ2n) is 7.45. The first kappa shape index (κ1) is 23.1. The van der Waals surface area contributed by atoms with Crippen molar-refractivity contribution in [2.45, 2.75) is 19.8 Å². The van der Waals surface area contributed by atoms with Crippen molar-refractivity contribution < 1.29 is 13.5 Å². The number of nitrogens with zero attached hydrogens (tertiary/aromatic N) is 3. The maximum Gasteiger partial charge on any atom is 0.193 e. The Labute approximate surface area is 183 Å². The molecule has 3 rings (SSSR count). The number of likely N-dealkylation sites (tertiary alicyclic amines) is 1. The Kier molecular flexibility index (Phi) is 9.20. The van der Waals surface area contributed by atoms with Gasteiger partial charge in [-0.1, -0.05) is 0 Å². The second-order valence-corrected chi connectivity index (χ2v) is 7.45. The average molecular weight is 508 g/mol. The van der Waals surface area contributed by atoms with Crippen LogP contribution in [0.5, 0.6) is 0 Å². The summed E-state index contributed by atoms with van der Waals surface area (Å²) in [6.07, 6.45) is 2.14. The van der Waals surface area contributed by atoms with Crippen LogP contribution < -0.4 is 10.2 Å². The first-order chi connectivity index (χ1) is 13.1. The minimum atomic E-state index is -0.799. The molecular formula is C20H31F2IN4O. The molecule has 2 aliphatic rings. The van der Waals surface area contributed by atoms with Crippen LogP contribution in [0.4, 0.5) is 14.5 Å². The molecule has 5 nitrogen and oxygen atoms in total. The first-order valence-corrected chi connectivity index (χ1v) is 9.83. The number of hydrogen-bond acceptors (Lipinski definition) is 3. The highest BCUT2D eigenvalue weighted by Gasteiger charge is 2.26. The summed E-state index contributed by atoms with van der Waals surface area (Å²) in [7, 11) is 1.75. The summed E-state index contributed by atoms with van der Waals surface area (Å²) in [4.78, 5) is 9.29. The largest absolute Gasteiger partial charge is 0.384 e. The molecule has 0 aromatic heterocycles. The Bertz CT molecular complexity index is 661. The van der Waals surface area contributed by atoms with Gasteiger partial charge in [-0.05, 0) is 37.8 Å². The number of aliphatic imine (C=N–C) groups is 1. The summed E-state index contributed by atoms with van der Waals surface area (Å²) in [5.41, 5.74) is 0.745. The Morgan fingerprint density at radius 3 is 2.68 bits per heavy atom. The van der Waals surface area contributed by atoms with Gasteiger partial charge in [0.1, 0.15) is 0 Å². The predicted octanol–water partition coefficient (Wildman–Crippen LogP) is 3.34. The van der Waals surface area contributed by atoms with Crippen LogP contribution in [0.25, 0.3) is 0 Å². The molecule has 2 atom stereocenters. The molecule has 1 aromatic rings. The molecule has 8 heteroatoms. The minimum absolute atomic E-state index is 0. The van der Waals surface area contributed by atoms with Crippen LogP contribution in [0.1, 0.15) is 19.8 Å². The van der Waals surface area contributed by atoms with Crippen molar-refractivity contribution in [2.24, 2.45) is 16.8 Å². The smallest absolute Gasteiger partial charge is 0.193 e. The lowest BCUT2D eigenvalue weighted by Gasteiger charge is -2.22. The van der Waals surface area contributed by atoms with Crippen LogP contribution >= 0.6 is 24.0 Å². The summed E-state index contributed by atoms with van der Waals surface area (Å²) >= 11 is 0. The molecule has 0 saturated carbocycles. The predicted molar refractivity (Wildman–Crippen MR) is 120 cm³/mol. The molecular weight excluding hydrogens is 477 g/mol. The van der Waals surface area contributed by atoms with Crippen molar-refractivity contribution in [3.05, 3.63) is 29.8 Å². The van der Waals surface area contributed by atoms with Gasteiger partial charge in [0.2, 0.25) is 0 Å². The van der Waals surface area contributed by atoms with Gasteiger partial charge in [-0.3, -0.25) is 4.99 Å². The third-order valence-electron chi connectivity index (χ3n) is 5.38. The van der Waals surface area contributed by atoms with Gasteiger partial charge in [-0.25, -0.2) is 8.78 Å². The standard InChI is InChI=1S/C20H30F2N4O.HI/c1-3-23-20(26-9-7-16(13-26)14-27-2)24-11-15-6-8-25(12-15)17-4-5-18(21)19(22)10-17;/h4-5,10,15-16H,3,6-9,11-14H2,1-2H3,(H,23,24);1H. The summed E-state index contributed by atoms with van der Waals surface area (Å²) in [5, 5.41) is 3.40. The maximum absolute atomic E-state index is 13.5. The quantitative estimate of drug-likeness (QED) is 0.364. The lowest BCUT2D eigenvalue weighted by molar-refractivity contribution is 0.157. The Hall–Kier alpha value is -1.16. The van der Waals surface area contributed by atoms with E-state index in [1.54, 1.807) is 13.2 Å². The summed E-state index contributed by atoms with van der Waals surface area (Å²) in [6.45, 7) is 8.11. The molecule has 0 bridgehead atoms.